The Kier molecular flexibility index (Phi) is 5.76. The molecule has 1 N–H and O–H groups in total. The lowest BCUT2D eigenvalue weighted by Gasteiger charge is -2.13. The van der Waals surface area contributed by atoms with E-state index in [0.29, 0.717) is 12.4 Å². The molecule has 0 spiro atoms. The molecule has 1 amide bonds. The first-order valence-electron chi connectivity index (χ1n) is 9.55. The van der Waals surface area contributed by atoms with Crippen LogP contribution < -0.4 is 14.8 Å². The first-order chi connectivity index (χ1) is 14.2. The lowest BCUT2D eigenvalue weighted by Crippen LogP contribution is -2.22. The highest BCUT2D eigenvalue weighted by Crippen LogP contribution is 2.36. The minimum atomic E-state index is -0.215. The van der Waals surface area contributed by atoms with Gasteiger partial charge in [-0.25, -0.2) is 4.68 Å². The Balaban J connectivity index is 1.49. The van der Waals surface area contributed by atoms with Crippen molar-refractivity contribution in [2.45, 2.75) is 25.4 Å². The summed E-state index contributed by atoms with van der Waals surface area (Å²) >= 11 is 1.80. The fraction of sp³-hybridized carbons (Fsp3) is 0.273. The van der Waals surface area contributed by atoms with Gasteiger partial charge in [0.15, 0.2) is 6.61 Å². The number of amides is 1. The van der Waals surface area contributed by atoms with Gasteiger partial charge in [-0.1, -0.05) is 18.2 Å². The van der Waals surface area contributed by atoms with Crippen LogP contribution in [0, 0.1) is 6.92 Å². The van der Waals surface area contributed by atoms with Gasteiger partial charge in [-0.3, -0.25) is 4.79 Å². The minimum absolute atomic E-state index is 0.0746. The van der Waals surface area contributed by atoms with E-state index < -0.39 is 0 Å². The van der Waals surface area contributed by atoms with Crippen LogP contribution in [-0.2, 0) is 16.3 Å². The molecule has 6 nitrogen and oxygen atoms in total. The van der Waals surface area contributed by atoms with E-state index in [2.05, 4.69) is 5.32 Å². The van der Waals surface area contributed by atoms with Crippen molar-refractivity contribution in [2.24, 2.45) is 0 Å². The number of benzene rings is 2. The quantitative estimate of drug-likeness (QED) is 0.629. The number of aryl methyl sites for hydroxylation is 1. The molecular formula is C22H23N3O3S. The summed E-state index contributed by atoms with van der Waals surface area (Å²) in [5.74, 6) is 3.63. The molecule has 0 saturated carbocycles. The standard InChI is InChI=1S/C22H23N3O3S/c1-3-27-16-8-10-17(11-9-16)28-12-21(26)23-22-18-13-29-14-19(18)24-25(22)20-7-5-4-6-15(20)2/h4-11H,3,12-14H2,1-2H3,(H,23,26). The fourth-order valence-corrected chi connectivity index (χ4v) is 4.27. The van der Waals surface area contributed by atoms with Gasteiger partial charge >= 0.3 is 0 Å². The van der Waals surface area contributed by atoms with E-state index in [9.17, 15) is 4.79 Å². The highest BCUT2D eigenvalue weighted by molar-refractivity contribution is 7.98. The van der Waals surface area contributed by atoms with E-state index in [1.165, 1.54) is 0 Å². The zero-order valence-electron chi connectivity index (χ0n) is 16.5. The van der Waals surface area contributed by atoms with Crippen LogP contribution in [0.3, 0.4) is 0 Å². The van der Waals surface area contributed by atoms with E-state index in [0.717, 1.165) is 45.6 Å². The van der Waals surface area contributed by atoms with E-state index in [4.69, 9.17) is 14.6 Å². The summed E-state index contributed by atoms with van der Waals surface area (Å²) in [5, 5.41) is 7.76. The zero-order valence-corrected chi connectivity index (χ0v) is 17.3. The molecule has 0 unspecified atom stereocenters. The van der Waals surface area contributed by atoms with Crippen molar-refractivity contribution in [1.29, 1.82) is 0 Å². The molecule has 0 radical (unpaired) electrons. The van der Waals surface area contributed by atoms with Crippen molar-refractivity contribution < 1.29 is 14.3 Å². The molecule has 2 heterocycles. The number of carbonyl (C=O) groups excluding carboxylic acids is 1. The summed E-state index contributed by atoms with van der Waals surface area (Å²) in [7, 11) is 0. The molecular weight excluding hydrogens is 386 g/mol. The number of nitrogens with one attached hydrogen (secondary N) is 1. The maximum atomic E-state index is 12.6. The third-order valence-corrected chi connectivity index (χ3v) is 5.63. The molecule has 0 saturated heterocycles. The van der Waals surface area contributed by atoms with E-state index >= 15 is 0 Å². The number of thioether (sulfide) groups is 1. The van der Waals surface area contributed by atoms with Crippen LogP contribution in [-0.4, -0.2) is 28.9 Å². The maximum absolute atomic E-state index is 12.6. The van der Waals surface area contributed by atoms with Crippen LogP contribution >= 0.6 is 11.8 Å². The second-order valence-corrected chi connectivity index (χ2v) is 7.69. The van der Waals surface area contributed by atoms with Crippen LogP contribution in [0.15, 0.2) is 48.5 Å². The SMILES string of the molecule is CCOc1ccc(OCC(=O)Nc2c3c(nn2-c2ccccc2C)CSC3)cc1. The Hall–Kier alpha value is -2.93. The summed E-state index contributed by atoms with van der Waals surface area (Å²) in [5.41, 5.74) is 4.19. The molecule has 1 aromatic heterocycles. The first kappa shape index (κ1) is 19.4. The van der Waals surface area contributed by atoms with Gasteiger partial charge in [0, 0.05) is 17.1 Å². The van der Waals surface area contributed by atoms with Gasteiger partial charge in [0.1, 0.15) is 17.3 Å². The highest BCUT2D eigenvalue weighted by Gasteiger charge is 2.25. The van der Waals surface area contributed by atoms with E-state index in [1.54, 1.807) is 23.9 Å². The minimum Gasteiger partial charge on any atom is -0.494 e. The molecule has 1 aliphatic heterocycles. The molecule has 0 fully saturated rings. The summed E-state index contributed by atoms with van der Waals surface area (Å²) in [6.07, 6.45) is 0. The molecule has 4 rings (SSSR count). The van der Waals surface area contributed by atoms with Crippen LogP contribution in [0.1, 0.15) is 23.7 Å². The predicted octanol–water partition coefficient (Wildman–Crippen LogP) is 4.34. The summed E-state index contributed by atoms with van der Waals surface area (Å²) < 4.78 is 12.9. The Morgan fingerprint density at radius 1 is 1.10 bits per heavy atom. The first-order valence-corrected chi connectivity index (χ1v) is 10.7. The fourth-order valence-electron chi connectivity index (χ4n) is 3.23. The number of rotatable bonds is 7. The average molecular weight is 410 g/mol. The van der Waals surface area contributed by atoms with Crippen LogP contribution in [0.25, 0.3) is 5.69 Å². The Bertz CT molecular complexity index is 1010. The number of hydrogen-bond acceptors (Lipinski definition) is 5. The molecule has 3 aromatic rings. The van der Waals surface area contributed by atoms with Crippen molar-refractivity contribution in [3.63, 3.8) is 0 Å². The number of hydrogen-bond donors (Lipinski definition) is 1. The van der Waals surface area contributed by atoms with Crippen LogP contribution in [0.4, 0.5) is 5.82 Å². The largest absolute Gasteiger partial charge is 0.494 e. The molecule has 0 bridgehead atoms. The smallest absolute Gasteiger partial charge is 0.263 e. The molecule has 29 heavy (non-hydrogen) atoms. The van der Waals surface area contributed by atoms with Crippen molar-refractivity contribution in [3.8, 4) is 17.2 Å². The number of nitrogens with zero attached hydrogens (tertiary/aromatic N) is 2. The normalized spacial score (nSPS) is 12.5. The van der Waals surface area contributed by atoms with E-state index in [-0.39, 0.29) is 12.5 Å². The topological polar surface area (TPSA) is 65.4 Å². The number of ether oxygens (including phenoxy) is 2. The zero-order chi connectivity index (χ0) is 20.2. The Labute approximate surface area is 174 Å². The summed E-state index contributed by atoms with van der Waals surface area (Å²) in [6.45, 7) is 4.51. The third kappa shape index (κ3) is 4.24. The van der Waals surface area contributed by atoms with Gasteiger partial charge < -0.3 is 14.8 Å². The van der Waals surface area contributed by atoms with Gasteiger partial charge in [0.2, 0.25) is 0 Å². The van der Waals surface area contributed by atoms with E-state index in [1.807, 2.05) is 54.9 Å². The predicted molar refractivity (Wildman–Crippen MR) is 115 cm³/mol. The molecule has 2 aromatic carbocycles. The monoisotopic (exact) mass is 409 g/mol. The van der Waals surface area contributed by atoms with Crippen molar-refractivity contribution in [2.75, 3.05) is 18.5 Å². The second-order valence-electron chi connectivity index (χ2n) is 6.71. The van der Waals surface area contributed by atoms with Crippen molar-refractivity contribution >= 4 is 23.5 Å². The second kappa shape index (κ2) is 8.61. The van der Waals surface area contributed by atoms with Gasteiger partial charge in [0.05, 0.1) is 18.0 Å². The van der Waals surface area contributed by atoms with Crippen LogP contribution in [0.5, 0.6) is 11.5 Å². The number of aromatic nitrogens is 2. The third-order valence-electron chi connectivity index (χ3n) is 4.66. The average Bonchev–Trinajstić information content (AvgIpc) is 3.31. The van der Waals surface area contributed by atoms with Gasteiger partial charge in [-0.2, -0.15) is 16.9 Å². The Morgan fingerprint density at radius 3 is 2.55 bits per heavy atom. The molecule has 7 heteroatoms. The lowest BCUT2D eigenvalue weighted by molar-refractivity contribution is -0.118. The molecule has 0 atom stereocenters. The number of para-hydroxylation sites is 1. The van der Waals surface area contributed by atoms with Gasteiger partial charge in [0.25, 0.3) is 5.91 Å². The molecule has 1 aliphatic rings. The number of carbonyl (C=O) groups is 1. The highest BCUT2D eigenvalue weighted by atomic mass is 32.2. The van der Waals surface area contributed by atoms with Crippen molar-refractivity contribution in [3.05, 3.63) is 65.4 Å². The Morgan fingerprint density at radius 2 is 1.83 bits per heavy atom. The van der Waals surface area contributed by atoms with Gasteiger partial charge in [-0.15, -0.1) is 0 Å². The molecule has 0 aliphatic carbocycles. The summed E-state index contributed by atoms with van der Waals surface area (Å²) in [4.78, 5) is 12.6. The number of anilines is 1. The van der Waals surface area contributed by atoms with Gasteiger partial charge in [-0.05, 0) is 49.7 Å². The number of fused-ring (bicyclic) bond motifs is 1. The maximum Gasteiger partial charge on any atom is 0.263 e. The molecule has 150 valence electrons. The van der Waals surface area contributed by atoms with Crippen molar-refractivity contribution in [1.82, 2.24) is 9.78 Å². The van der Waals surface area contributed by atoms with Crippen LogP contribution in [0.2, 0.25) is 0 Å². The lowest BCUT2D eigenvalue weighted by atomic mass is 10.2. The summed E-state index contributed by atoms with van der Waals surface area (Å²) in [6, 6.07) is 15.3.